The molecule has 1 amide bonds. The molecule has 2 atom stereocenters. The van der Waals surface area contributed by atoms with Crippen LogP contribution in [-0.2, 0) is 21.2 Å². The molecular formula is C22H30N2O4S. The molecule has 0 saturated carbocycles. The molecule has 0 saturated heterocycles. The lowest BCUT2D eigenvalue weighted by molar-refractivity contribution is -0.122. The maximum absolute atomic E-state index is 13.0. The number of carbonyl (C=O) groups excluding carboxylic acids is 1. The molecule has 0 aromatic heterocycles. The minimum Gasteiger partial charge on any atom is -0.497 e. The SMILES string of the molecule is CCc1ccc(N([C@H](C)C(=O)N[C@@H](CC)c2ccc(OC)cc2)S(C)(=O)=O)cc1. The van der Waals surface area contributed by atoms with Crippen LogP contribution in [0.3, 0.4) is 0 Å². The highest BCUT2D eigenvalue weighted by molar-refractivity contribution is 7.92. The molecule has 29 heavy (non-hydrogen) atoms. The van der Waals surface area contributed by atoms with Gasteiger partial charge in [-0.1, -0.05) is 38.1 Å². The van der Waals surface area contributed by atoms with Gasteiger partial charge >= 0.3 is 0 Å². The highest BCUT2D eigenvalue weighted by Crippen LogP contribution is 2.24. The van der Waals surface area contributed by atoms with Gasteiger partial charge in [0.2, 0.25) is 15.9 Å². The minimum atomic E-state index is -3.64. The molecule has 0 aliphatic rings. The monoisotopic (exact) mass is 418 g/mol. The lowest BCUT2D eigenvalue weighted by Gasteiger charge is -2.30. The Bertz CT molecular complexity index is 909. The number of hydrogen-bond donors (Lipinski definition) is 1. The molecule has 0 heterocycles. The van der Waals surface area contributed by atoms with Gasteiger partial charge in [-0.05, 0) is 55.2 Å². The van der Waals surface area contributed by atoms with Crippen molar-refractivity contribution < 1.29 is 17.9 Å². The first-order valence-corrected chi connectivity index (χ1v) is 11.6. The first-order chi connectivity index (χ1) is 13.7. The normalized spacial score (nSPS) is 13.4. The summed E-state index contributed by atoms with van der Waals surface area (Å²) in [6.07, 6.45) is 2.65. The van der Waals surface area contributed by atoms with E-state index in [4.69, 9.17) is 4.74 Å². The number of benzene rings is 2. The molecule has 0 aliphatic carbocycles. The van der Waals surface area contributed by atoms with Gasteiger partial charge < -0.3 is 10.1 Å². The zero-order valence-electron chi connectivity index (χ0n) is 17.7. The quantitative estimate of drug-likeness (QED) is 0.674. The Morgan fingerprint density at radius 3 is 2.10 bits per heavy atom. The van der Waals surface area contributed by atoms with Crippen molar-refractivity contribution in [1.29, 1.82) is 0 Å². The molecule has 1 N–H and O–H groups in total. The largest absolute Gasteiger partial charge is 0.497 e. The number of nitrogens with zero attached hydrogens (tertiary/aromatic N) is 1. The first-order valence-electron chi connectivity index (χ1n) is 9.73. The Morgan fingerprint density at radius 2 is 1.66 bits per heavy atom. The topological polar surface area (TPSA) is 75.7 Å². The smallest absolute Gasteiger partial charge is 0.244 e. The van der Waals surface area contributed by atoms with E-state index in [2.05, 4.69) is 5.32 Å². The molecule has 2 rings (SSSR count). The third-order valence-corrected chi connectivity index (χ3v) is 6.17. The van der Waals surface area contributed by atoms with Gasteiger partial charge in [0.25, 0.3) is 0 Å². The number of nitrogens with one attached hydrogen (secondary N) is 1. The summed E-state index contributed by atoms with van der Waals surface area (Å²) >= 11 is 0. The summed E-state index contributed by atoms with van der Waals surface area (Å²) < 4.78 is 31.3. The summed E-state index contributed by atoms with van der Waals surface area (Å²) in [6, 6.07) is 13.6. The number of anilines is 1. The van der Waals surface area contributed by atoms with Crippen LogP contribution < -0.4 is 14.4 Å². The van der Waals surface area contributed by atoms with E-state index < -0.39 is 16.1 Å². The molecule has 6 nitrogen and oxygen atoms in total. The fourth-order valence-electron chi connectivity index (χ4n) is 3.24. The summed E-state index contributed by atoms with van der Waals surface area (Å²) in [5.74, 6) is 0.389. The molecule has 0 spiro atoms. The fraction of sp³-hybridized carbons (Fsp3) is 0.409. The zero-order chi connectivity index (χ0) is 21.6. The van der Waals surface area contributed by atoms with Crippen molar-refractivity contribution >= 4 is 21.6 Å². The van der Waals surface area contributed by atoms with Crippen LogP contribution in [0.5, 0.6) is 5.75 Å². The summed E-state index contributed by atoms with van der Waals surface area (Å²) in [4.78, 5) is 13.0. The second kappa shape index (κ2) is 9.78. The predicted octanol–water partition coefficient (Wildman–Crippen LogP) is 3.68. The van der Waals surface area contributed by atoms with Gasteiger partial charge in [0.15, 0.2) is 0 Å². The average molecular weight is 419 g/mol. The van der Waals surface area contributed by atoms with Crippen molar-refractivity contribution in [3.63, 3.8) is 0 Å². The Hall–Kier alpha value is -2.54. The molecule has 2 aromatic rings. The molecule has 158 valence electrons. The number of aryl methyl sites for hydroxylation is 1. The molecule has 2 aromatic carbocycles. The van der Waals surface area contributed by atoms with Crippen LogP contribution in [0, 0.1) is 0 Å². The zero-order valence-corrected chi connectivity index (χ0v) is 18.5. The van der Waals surface area contributed by atoms with E-state index in [1.54, 1.807) is 26.2 Å². The Labute approximate surface area is 173 Å². The molecule has 0 bridgehead atoms. The van der Waals surface area contributed by atoms with Crippen molar-refractivity contribution in [1.82, 2.24) is 5.32 Å². The second-order valence-corrected chi connectivity index (χ2v) is 8.86. The number of amides is 1. The Balaban J connectivity index is 2.24. The van der Waals surface area contributed by atoms with Crippen LogP contribution in [0.25, 0.3) is 0 Å². The van der Waals surface area contributed by atoms with Gasteiger partial charge in [0, 0.05) is 0 Å². The van der Waals surface area contributed by atoms with Gasteiger partial charge in [-0.15, -0.1) is 0 Å². The van der Waals surface area contributed by atoms with Gasteiger partial charge in [0.1, 0.15) is 11.8 Å². The van der Waals surface area contributed by atoms with Crippen molar-refractivity contribution in [2.45, 2.75) is 45.7 Å². The van der Waals surface area contributed by atoms with Gasteiger partial charge in [0.05, 0.1) is 25.1 Å². The highest BCUT2D eigenvalue weighted by Gasteiger charge is 2.30. The molecule has 0 unspecified atom stereocenters. The van der Waals surface area contributed by atoms with Crippen LogP contribution in [0.15, 0.2) is 48.5 Å². The number of rotatable bonds is 9. The third-order valence-electron chi connectivity index (χ3n) is 4.93. The number of methoxy groups -OCH3 is 1. The van der Waals surface area contributed by atoms with Crippen LogP contribution in [0.1, 0.15) is 44.4 Å². The summed E-state index contributed by atoms with van der Waals surface area (Å²) in [6.45, 7) is 5.60. The van der Waals surface area contributed by atoms with E-state index in [9.17, 15) is 13.2 Å². The average Bonchev–Trinajstić information content (AvgIpc) is 2.71. The van der Waals surface area contributed by atoms with E-state index in [0.717, 1.165) is 29.6 Å². The maximum atomic E-state index is 13.0. The third kappa shape index (κ3) is 5.73. The number of ether oxygens (including phenoxy) is 1. The van der Waals surface area contributed by atoms with E-state index in [0.29, 0.717) is 12.1 Å². The number of carbonyl (C=O) groups is 1. The van der Waals surface area contributed by atoms with Crippen molar-refractivity contribution in [3.8, 4) is 5.75 Å². The maximum Gasteiger partial charge on any atom is 0.244 e. The molecule has 0 aliphatic heterocycles. The predicted molar refractivity (Wildman–Crippen MR) is 117 cm³/mol. The highest BCUT2D eigenvalue weighted by atomic mass is 32.2. The Morgan fingerprint density at radius 1 is 1.07 bits per heavy atom. The van der Waals surface area contributed by atoms with Crippen LogP contribution in [0.4, 0.5) is 5.69 Å². The van der Waals surface area contributed by atoms with E-state index in [-0.39, 0.29) is 11.9 Å². The van der Waals surface area contributed by atoms with E-state index in [1.807, 2.05) is 50.2 Å². The fourth-order valence-corrected chi connectivity index (χ4v) is 4.41. The summed E-state index contributed by atoms with van der Waals surface area (Å²) in [5.41, 5.74) is 2.52. The van der Waals surface area contributed by atoms with Gasteiger partial charge in [-0.2, -0.15) is 0 Å². The lowest BCUT2D eigenvalue weighted by Crippen LogP contribution is -2.48. The van der Waals surface area contributed by atoms with E-state index in [1.165, 1.54) is 4.31 Å². The lowest BCUT2D eigenvalue weighted by atomic mass is 10.0. The van der Waals surface area contributed by atoms with Gasteiger partial charge in [-0.25, -0.2) is 8.42 Å². The van der Waals surface area contributed by atoms with E-state index >= 15 is 0 Å². The van der Waals surface area contributed by atoms with Crippen LogP contribution in [0.2, 0.25) is 0 Å². The summed E-state index contributed by atoms with van der Waals surface area (Å²) in [5, 5.41) is 2.98. The minimum absolute atomic E-state index is 0.222. The van der Waals surface area contributed by atoms with Crippen LogP contribution in [-0.4, -0.2) is 33.7 Å². The number of sulfonamides is 1. The summed E-state index contributed by atoms with van der Waals surface area (Å²) in [7, 11) is -2.04. The number of hydrogen-bond acceptors (Lipinski definition) is 4. The van der Waals surface area contributed by atoms with Crippen LogP contribution >= 0.6 is 0 Å². The first kappa shape index (κ1) is 22.7. The molecule has 0 radical (unpaired) electrons. The van der Waals surface area contributed by atoms with Gasteiger partial charge in [-0.3, -0.25) is 9.10 Å². The van der Waals surface area contributed by atoms with Crippen molar-refractivity contribution in [2.75, 3.05) is 17.7 Å². The Kier molecular flexibility index (Phi) is 7.67. The molecule has 7 heteroatoms. The second-order valence-electron chi connectivity index (χ2n) is 7.00. The standard InChI is InChI=1S/C22H30N2O4S/c1-6-17-8-12-19(13-9-17)24(29(5,26)27)16(3)22(25)23-21(7-2)18-10-14-20(28-4)15-11-18/h8-16,21H,6-7H2,1-5H3,(H,23,25)/t16-,21+/m1/s1. The van der Waals surface area contributed by atoms with Crippen molar-refractivity contribution in [2.24, 2.45) is 0 Å². The van der Waals surface area contributed by atoms with Crippen molar-refractivity contribution in [3.05, 3.63) is 59.7 Å². The molecule has 0 fully saturated rings. The molecular weight excluding hydrogens is 388 g/mol.